The number of terminal acetylenes is 1. The quantitative estimate of drug-likeness (QED) is 0.308. The van der Waals surface area contributed by atoms with E-state index in [1.165, 1.54) is 0 Å². The van der Waals surface area contributed by atoms with E-state index >= 15 is 0 Å². The van der Waals surface area contributed by atoms with Gasteiger partial charge in [0.15, 0.2) is 0 Å². The van der Waals surface area contributed by atoms with Gasteiger partial charge < -0.3 is 9.47 Å². The average molecular weight is 376 g/mol. The van der Waals surface area contributed by atoms with Gasteiger partial charge in [-0.2, -0.15) is 5.26 Å². The van der Waals surface area contributed by atoms with E-state index in [4.69, 9.17) is 15.9 Å². The summed E-state index contributed by atoms with van der Waals surface area (Å²) >= 11 is 0. The standard InChI is InChI=1S/C24H17BN2O2/c1-6-16-9-20-18(7-12(16)2)25-19-8-13(3)17(11-26)10-21(19)29-24-15(5)27-14(4)23(28-20)22(24)25/h1,7-10H,2-5H3. The van der Waals surface area contributed by atoms with Crippen LogP contribution < -0.4 is 25.9 Å². The Labute approximate surface area is 170 Å². The topological polar surface area (TPSA) is 55.1 Å². The smallest absolute Gasteiger partial charge is 0.260 e. The second-order valence-electron chi connectivity index (χ2n) is 7.66. The molecule has 0 spiro atoms. The molecule has 0 fully saturated rings. The maximum absolute atomic E-state index is 9.48. The molecule has 0 atom stereocenters. The van der Waals surface area contributed by atoms with Crippen LogP contribution in [0.25, 0.3) is 0 Å². The molecule has 5 heteroatoms. The molecule has 1 aromatic heterocycles. The van der Waals surface area contributed by atoms with Gasteiger partial charge in [-0.05, 0) is 61.9 Å². The van der Waals surface area contributed by atoms with E-state index in [-0.39, 0.29) is 6.71 Å². The van der Waals surface area contributed by atoms with Gasteiger partial charge in [-0.25, -0.2) is 0 Å². The molecule has 0 unspecified atom stereocenters. The lowest BCUT2D eigenvalue weighted by molar-refractivity contribution is 0.453. The zero-order valence-electron chi connectivity index (χ0n) is 16.7. The summed E-state index contributed by atoms with van der Waals surface area (Å²) in [6.07, 6.45) is 5.69. The number of nitrogens with zero attached hydrogens (tertiary/aromatic N) is 2. The number of hydrogen-bond acceptors (Lipinski definition) is 4. The minimum atomic E-state index is -0.0649. The third-order valence-electron chi connectivity index (χ3n) is 5.81. The second-order valence-corrected chi connectivity index (χ2v) is 7.66. The van der Waals surface area contributed by atoms with Crippen LogP contribution in [0.4, 0.5) is 0 Å². The van der Waals surface area contributed by atoms with Crippen LogP contribution in [0.15, 0.2) is 24.3 Å². The fourth-order valence-electron chi connectivity index (χ4n) is 4.39. The molecule has 0 radical (unpaired) electrons. The molecule has 0 saturated heterocycles. The lowest BCUT2D eigenvalue weighted by Crippen LogP contribution is -2.58. The van der Waals surface area contributed by atoms with Crippen LogP contribution in [0.3, 0.4) is 0 Å². The van der Waals surface area contributed by atoms with E-state index < -0.39 is 0 Å². The van der Waals surface area contributed by atoms with E-state index in [1.807, 2.05) is 39.8 Å². The van der Waals surface area contributed by atoms with Gasteiger partial charge in [0.25, 0.3) is 6.71 Å². The number of hydrogen-bond donors (Lipinski definition) is 0. The van der Waals surface area contributed by atoms with Crippen LogP contribution in [0.1, 0.15) is 33.6 Å². The van der Waals surface area contributed by atoms with Crippen LogP contribution in [0, 0.1) is 51.4 Å². The number of rotatable bonds is 0. The monoisotopic (exact) mass is 376 g/mol. The van der Waals surface area contributed by atoms with E-state index in [0.717, 1.165) is 56.0 Å². The van der Waals surface area contributed by atoms with Gasteiger partial charge in [0.05, 0.1) is 23.0 Å². The summed E-state index contributed by atoms with van der Waals surface area (Å²) in [5.74, 6) is 5.61. The van der Waals surface area contributed by atoms with Gasteiger partial charge >= 0.3 is 0 Å². The molecule has 29 heavy (non-hydrogen) atoms. The lowest BCUT2D eigenvalue weighted by atomic mass is 9.34. The number of ether oxygens (including phenoxy) is 2. The van der Waals surface area contributed by atoms with Crippen molar-refractivity contribution in [3.63, 3.8) is 0 Å². The summed E-state index contributed by atoms with van der Waals surface area (Å²) < 4.78 is 12.6. The molecule has 5 rings (SSSR count). The highest BCUT2D eigenvalue weighted by Crippen LogP contribution is 2.38. The van der Waals surface area contributed by atoms with Crippen LogP contribution in [0.2, 0.25) is 0 Å². The Balaban J connectivity index is 1.89. The molecule has 3 heterocycles. The van der Waals surface area contributed by atoms with Gasteiger partial charge in [0.1, 0.15) is 23.0 Å². The highest BCUT2D eigenvalue weighted by atomic mass is 16.5. The van der Waals surface area contributed by atoms with E-state index in [0.29, 0.717) is 17.1 Å². The third kappa shape index (κ3) is 2.31. The predicted molar refractivity (Wildman–Crippen MR) is 114 cm³/mol. The largest absolute Gasteiger partial charge is 0.456 e. The van der Waals surface area contributed by atoms with Crippen LogP contribution >= 0.6 is 0 Å². The molecular formula is C24H17BN2O2. The fourth-order valence-corrected chi connectivity index (χ4v) is 4.39. The maximum atomic E-state index is 9.48. The highest BCUT2D eigenvalue weighted by Gasteiger charge is 2.42. The van der Waals surface area contributed by atoms with E-state index in [9.17, 15) is 5.26 Å². The van der Waals surface area contributed by atoms with Crippen molar-refractivity contribution in [2.45, 2.75) is 27.7 Å². The summed E-state index contributed by atoms with van der Waals surface area (Å²) in [7, 11) is 0. The molecule has 2 aromatic carbocycles. The summed E-state index contributed by atoms with van der Waals surface area (Å²) in [5, 5.41) is 9.48. The Bertz CT molecular complexity index is 1230. The SMILES string of the molecule is C#Cc1cc2c(cc1C)B1c3cc(C)c(C#N)cc3Oc3c(C)nc(C)c(c31)O2. The Kier molecular flexibility index (Phi) is 3.54. The second kappa shape index (κ2) is 5.90. The number of nitriles is 1. The summed E-state index contributed by atoms with van der Waals surface area (Å²) in [5.41, 5.74) is 8.06. The number of aryl methyl sites for hydroxylation is 4. The van der Waals surface area contributed by atoms with Crippen molar-refractivity contribution in [1.82, 2.24) is 4.98 Å². The summed E-state index contributed by atoms with van der Waals surface area (Å²) in [4.78, 5) is 4.64. The van der Waals surface area contributed by atoms with Crippen LogP contribution in [0.5, 0.6) is 23.0 Å². The first-order valence-electron chi connectivity index (χ1n) is 9.45. The minimum Gasteiger partial charge on any atom is -0.456 e. The van der Waals surface area contributed by atoms with Crippen molar-refractivity contribution >= 4 is 23.1 Å². The van der Waals surface area contributed by atoms with Crippen molar-refractivity contribution in [1.29, 1.82) is 5.26 Å². The minimum absolute atomic E-state index is 0.0649. The first kappa shape index (κ1) is 17.4. The Morgan fingerprint density at radius 3 is 1.90 bits per heavy atom. The first-order chi connectivity index (χ1) is 13.9. The molecule has 3 aromatic rings. The normalized spacial score (nSPS) is 12.6. The molecule has 0 aliphatic carbocycles. The molecule has 2 aliphatic rings. The molecule has 0 amide bonds. The zero-order chi connectivity index (χ0) is 20.4. The number of fused-ring (bicyclic) bond motifs is 4. The van der Waals surface area contributed by atoms with Crippen molar-refractivity contribution in [3.05, 3.63) is 57.9 Å². The number of aromatic nitrogens is 1. The molecule has 138 valence electrons. The Hall–Kier alpha value is -3.70. The fraction of sp³-hybridized carbons (Fsp3) is 0.167. The van der Waals surface area contributed by atoms with Gasteiger partial charge in [-0.1, -0.05) is 18.1 Å². The highest BCUT2D eigenvalue weighted by molar-refractivity contribution is 6.98. The Morgan fingerprint density at radius 1 is 0.862 bits per heavy atom. The summed E-state index contributed by atoms with van der Waals surface area (Å²) in [6.45, 7) is 7.78. The molecule has 2 aliphatic heterocycles. The van der Waals surface area contributed by atoms with Crippen molar-refractivity contribution in [2.75, 3.05) is 0 Å². The molecule has 0 saturated carbocycles. The molecule has 0 bridgehead atoms. The van der Waals surface area contributed by atoms with Gasteiger partial charge in [0, 0.05) is 11.0 Å². The lowest BCUT2D eigenvalue weighted by Gasteiger charge is -2.34. The van der Waals surface area contributed by atoms with Crippen molar-refractivity contribution < 1.29 is 9.47 Å². The first-order valence-corrected chi connectivity index (χ1v) is 9.45. The molecule has 4 nitrogen and oxygen atoms in total. The number of pyridine rings is 1. The molecular weight excluding hydrogens is 359 g/mol. The van der Waals surface area contributed by atoms with Gasteiger partial charge in [0.2, 0.25) is 0 Å². The average Bonchev–Trinajstić information content (AvgIpc) is 2.70. The van der Waals surface area contributed by atoms with E-state index in [1.54, 1.807) is 0 Å². The van der Waals surface area contributed by atoms with Crippen molar-refractivity contribution in [3.8, 4) is 41.4 Å². The van der Waals surface area contributed by atoms with E-state index in [2.05, 4.69) is 29.1 Å². The third-order valence-corrected chi connectivity index (χ3v) is 5.81. The van der Waals surface area contributed by atoms with Crippen molar-refractivity contribution in [2.24, 2.45) is 0 Å². The number of benzene rings is 2. The zero-order valence-corrected chi connectivity index (χ0v) is 16.7. The van der Waals surface area contributed by atoms with Gasteiger partial charge in [-0.3, -0.25) is 4.98 Å². The maximum Gasteiger partial charge on any atom is 0.260 e. The predicted octanol–water partition coefficient (Wildman–Crippen LogP) is 2.90. The van der Waals surface area contributed by atoms with Gasteiger partial charge in [-0.15, -0.1) is 6.42 Å². The summed E-state index contributed by atoms with van der Waals surface area (Å²) in [6, 6.07) is 10.2. The van der Waals surface area contributed by atoms with Crippen LogP contribution in [-0.4, -0.2) is 11.7 Å². The molecule has 0 N–H and O–H groups in total. The Morgan fingerprint density at radius 2 is 1.38 bits per heavy atom. The van der Waals surface area contributed by atoms with Crippen LogP contribution in [-0.2, 0) is 0 Å².